The third-order valence-corrected chi connectivity index (χ3v) is 34.2. The standard InChI is InChI=1S/C42H41BN3.C36H28BN2.C31H28BN3.C26H26BN3/c1-27(2)33-18-13-19-34(28(3)4)41(33)45-23-22-44-26-31-24-37-39(25-35(31)42(44)45)46(32-16-8-7-9-17-32)38-21-11-10-20-36(38)43(37)40-29(5)14-12-15-30(40)6;1-24-11-10-12-25(2)36(24)37-30-16-7-9-18-34(30)39(28-14-4-3-5-15-28)35-22-29-27(21-31(35)37)23-38-32-17-8-6-13-26(32)19-20-33(29)38;1-21-10-9-11-22(2)31(21)32-25-14-7-8-15-27(25)35(24-12-5-4-6-13-24)29-20-28-23(18-26(29)32)19-30-33(3)16-17-34(28)30;1-17-8-7-9-18(2)26(17)27-20-10-5-6-11-22(20)29(4)24-14-19-15-25-28(3)12-13-30(25)23(19)16-21(24)27/h7-25,27-28H,26H2,1-6H3;3-22H,23H2,1-2H3;4-18,20,30H,19H2,1-3H3;5-14,16,25H,15H2,1-4H3/q2*+1;;. The summed E-state index contributed by atoms with van der Waals surface area (Å²) in [6.07, 6.45) is 16.3. The Morgan fingerprint density at radius 1 is 0.287 bits per heavy atom. The van der Waals surface area contributed by atoms with Crippen molar-refractivity contribution in [1.29, 1.82) is 0 Å². The van der Waals surface area contributed by atoms with Crippen LogP contribution in [0.3, 0.4) is 0 Å². The van der Waals surface area contributed by atoms with Crippen molar-refractivity contribution in [2.45, 2.75) is 133 Å². The average molecular weight is 1940 g/mol. The van der Waals surface area contributed by atoms with Gasteiger partial charge in [0.25, 0.3) is 5.82 Å². The minimum absolute atomic E-state index is 0.152. The number of anilines is 13. The van der Waals surface area contributed by atoms with E-state index in [4.69, 9.17) is 0 Å². The van der Waals surface area contributed by atoms with Gasteiger partial charge in [-0.1, -0.05) is 343 Å². The molecule has 11 nitrogen and oxygen atoms in total. The van der Waals surface area contributed by atoms with E-state index in [-0.39, 0.29) is 26.9 Å². The van der Waals surface area contributed by atoms with Gasteiger partial charge in [-0.05, 0) is 225 Å². The quantitative estimate of drug-likeness (QED) is 0.0991. The van der Waals surface area contributed by atoms with E-state index in [0.29, 0.717) is 24.2 Å². The molecule has 29 rings (SSSR count). The Morgan fingerprint density at radius 2 is 0.647 bits per heavy atom. The molecule has 0 spiro atoms. The zero-order chi connectivity index (χ0) is 102. The first kappa shape index (κ1) is 93.3. The summed E-state index contributed by atoms with van der Waals surface area (Å²) in [6.45, 7) is 29.9. The third-order valence-electron chi connectivity index (χ3n) is 34.2. The maximum atomic E-state index is 2.53. The second-order valence-electron chi connectivity index (χ2n) is 43.7. The Balaban J connectivity index is 0.000000102. The molecule has 12 heterocycles. The lowest BCUT2D eigenvalue weighted by Gasteiger charge is -2.38. The van der Waals surface area contributed by atoms with Crippen LogP contribution in [0.1, 0.15) is 117 Å². The van der Waals surface area contributed by atoms with Crippen LogP contribution in [-0.2, 0) is 25.9 Å². The lowest BCUT2D eigenvalue weighted by atomic mass is 9.33. The fourth-order valence-electron chi connectivity index (χ4n) is 27.2. The molecule has 0 N–H and O–H groups in total. The molecule has 0 saturated heterocycles. The van der Waals surface area contributed by atoms with Crippen LogP contribution in [0, 0.1) is 55.4 Å². The molecule has 150 heavy (non-hydrogen) atoms. The van der Waals surface area contributed by atoms with E-state index in [1.807, 2.05) is 0 Å². The van der Waals surface area contributed by atoms with Gasteiger partial charge >= 0.3 is 0 Å². The van der Waals surface area contributed by atoms with Gasteiger partial charge in [0.1, 0.15) is 37.0 Å². The number of hydrogen-bond acceptors (Lipinski definition) is 8. The van der Waals surface area contributed by atoms with Gasteiger partial charge in [0.05, 0.1) is 11.1 Å². The van der Waals surface area contributed by atoms with Crippen LogP contribution in [0.5, 0.6) is 0 Å². The molecule has 19 aromatic rings. The van der Waals surface area contributed by atoms with E-state index in [1.165, 1.54) is 257 Å². The summed E-state index contributed by atoms with van der Waals surface area (Å²) in [4.78, 5) is 19.3. The van der Waals surface area contributed by atoms with Gasteiger partial charge in [-0.2, -0.15) is 9.13 Å². The van der Waals surface area contributed by atoms with Crippen molar-refractivity contribution in [2.75, 3.05) is 50.5 Å². The first-order valence-corrected chi connectivity index (χ1v) is 53.8. The van der Waals surface area contributed by atoms with Crippen LogP contribution >= 0.6 is 0 Å². The molecule has 0 saturated carbocycles. The van der Waals surface area contributed by atoms with Gasteiger partial charge < -0.3 is 39.2 Å². The van der Waals surface area contributed by atoms with E-state index in [0.717, 1.165) is 25.9 Å². The fourth-order valence-corrected chi connectivity index (χ4v) is 27.2. The van der Waals surface area contributed by atoms with E-state index in [2.05, 4.69) is 558 Å². The molecule has 2 unspecified atom stereocenters. The molecular formula is C135H123B4N11+2. The monoisotopic (exact) mass is 1940 g/mol. The fraction of sp³-hybridized carbons (Fsp3) is 0.170. The molecule has 15 heteroatoms. The molecule has 0 fully saturated rings. The minimum Gasteiger partial charge on any atom is -0.358 e. The van der Waals surface area contributed by atoms with E-state index in [9.17, 15) is 0 Å². The Morgan fingerprint density at radius 3 is 1.09 bits per heavy atom. The molecule has 0 radical (unpaired) electrons. The smallest absolute Gasteiger partial charge is 0.294 e. The summed E-state index contributed by atoms with van der Waals surface area (Å²) in [5.41, 5.74) is 59.1. The van der Waals surface area contributed by atoms with Crippen LogP contribution in [0.15, 0.2) is 401 Å². The van der Waals surface area contributed by atoms with Crippen molar-refractivity contribution < 1.29 is 9.13 Å². The number of likely N-dealkylation sites (N-methyl/N-ethyl adjacent to an activating group) is 2. The van der Waals surface area contributed by atoms with Gasteiger partial charge in [0.2, 0.25) is 38.1 Å². The third kappa shape index (κ3) is 15.1. The lowest BCUT2D eigenvalue weighted by molar-refractivity contribution is -0.671. The van der Waals surface area contributed by atoms with Crippen LogP contribution in [-0.4, -0.2) is 74.7 Å². The van der Waals surface area contributed by atoms with Crippen LogP contribution in [0.2, 0.25) is 0 Å². The molecule has 10 aliphatic heterocycles. The lowest BCUT2D eigenvalue weighted by Crippen LogP contribution is -2.58. The number of fused-ring (bicyclic) bond motifs is 22. The SMILES string of the molecule is Cc1cccc(C)c1B1c2ccccc2N(C)c2cc3c(cc21)N1C=CN(C)C1C3.Cc1cccc(C)c1B1c2ccccc2N(c2ccccc2)c2cc3c(cc21)CC1N(C)C=CN31.Cc1cccc(C)c1B1c2ccccc2N(c2ccccc2)c2cc3c(cc21)C[n+]1c-3ccc2ccccc21.Cc1cccc(C)c1B1c2ccccc2N(c2ccccc2)c2cc3c(cc21)C[n+]1ccn(-c2c(C(C)C)cccc2C(C)C)c1-3. The van der Waals surface area contributed by atoms with Crippen molar-refractivity contribution in [2.24, 2.45) is 0 Å². The molecule has 728 valence electrons. The second-order valence-corrected chi connectivity index (χ2v) is 43.7. The highest BCUT2D eigenvalue weighted by molar-refractivity contribution is 7.00. The number of pyridine rings is 1. The van der Waals surface area contributed by atoms with Gasteiger partial charge in [0.15, 0.2) is 6.54 Å². The topological polar surface area (TPSA) is 38.6 Å². The zero-order valence-corrected chi connectivity index (χ0v) is 88.5. The number of imidazole rings is 1. The molecule has 2 aromatic heterocycles. The van der Waals surface area contributed by atoms with E-state index in [1.54, 1.807) is 0 Å². The van der Waals surface area contributed by atoms with Crippen LogP contribution in [0.4, 0.5) is 73.9 Å². The number of benzene rings is 17. The summed E-state index contributed by atoms with van der Waals surface area (Å²) in [5.74, 6) is 2.11. The van der Waals surface area contributed by atoms with Crippen LogP contribution in [0.25, 0.3) is 39.2 Å². The maximum Gasteiger partial charge on any atom is 0.294 e. The van der Waals surface area contributed by atoms with Gasteiger partial charge in [-0.15, -0.1) is 0 Å². The predicted octanol–water partition coefficient (Wildman–Crippen LogP) is 21.7. The number of para-hydroxylation sites is 9. The van der Waals surface area contributed by atoms with Crippen molar-refractivity contribution >= 4 is 177 Å². The van der Waals surface area contributed by atoms with Crippen molar-refractivity contribution in [1.82, 2.24) is 14.4 Å². The molecule has 0 bridgehead atoms. The number of aromatic nitrogens is 3. The van der Waals surface area contributed by atoms with Gasteiger partial charge in [-0.3, -0.25) is 0 Å². The summed E-state index contributed by atoms with van der Waals surface area (Å²) in [5, 5.41) is 1.28. The Kier molecular flexibility index (Phi) is 23.1. The number of hydrogen-bond donors (Lipinski definition) is 0. The summed E-state index contributed by atoms with van der Waals surface area (Å²) in [7, 11) is 6.57. The van der Waals surface area contributed by atoms with Crippen LogP contribution < -0.4 is 104 Å². The first-order chi connectivity index (χ1) is 73.2. The molecule has 10 aliphatic rings. The molecule has 2 atom stereocenters. The van der Waals surface area contributed by atoms with E-state index >= 15 is 0 Å². The second kappa shape index (κ2) is 37.1. The van der Waals surface area contributed by atoms with Crippen molar-refractivity contribution in [3.05, 3.63) is 479 Å². The Bertz CT molecular complexity index is 8640. The largest absolute Gasteiger partial charge is 0.358 e. The summed E-state index contributed by atoms with van der Waals surface area (Å²) in [6, 6.07) is 135. The highest BCUT2D eigenvalue weighted by Gasteiger charge is 2.48. The minimum atomic E-state index is 0.152. The Hall–Kier alpha value is -16.5. The zero-order valence-electron chi connectivity index (χ0n) is 88.5. The molecular weight excluding hydrogens is 1820 g/mol. The number of rotatable bonds is 10. The maximum absolute atomic E-state index is 2.53. The Labute approximate surface area is 885 Å². The highest BCUT2D eigenvalue weighted by atomic mass is 15.4. The number of aryl methyl sites for hydroxylation is 8. The predicted molar refractivity (Wildman–Crippen MR) is 635 cm³/mol. The van der Waals surface area contributed by atoms with Gasteiger partial charge in [-0.25, -0.2) is 4.57 Å². The highest BCUT2D eigenvalue weighted by Crippen LogP contribution is 2.49. The van der Waals surface area contributed by atoms with Gasteiger partial charge in [0, 0.05) is 172 Å². The van der Waals surface area contributed by atoms with Crippen molar-refractivity contribution in [3.63, 3.8) is 0 Å². The summed E-state index contributed by atoms with van der Waals surface area (Å²) >= 11 is 0. The molecule has 17 aromatic carbocycles. The normalized spacial score (nSPS) is 15.2. The average Bonchev–Trinajstić information content (AvgIpc) is 1.50. The summed E-state index contributed by atoms with van der Waals surface area (Å²) < 4.78 is 7.42. The first-order valence-electron chi connectivity index (χ1n) is 53.8. The molecule has 0 aliphatic carbocycles. The number of nitrogens with zero attached hydrogens (tertiary/aromatic N) is 11. The van der Waals surface area contributed by atoms with Crippen molar-refractivity contribution in [3.8, 4) is 28.3 Å². The molecule has 0 amide bonds. The van der Waals surface area contributed by atoms with E-state index < -0.39 is 0 Å².